The highest BCUT2D eigenvalue weighted by molar-refractivity contribution is 5.79. The fourth-order valence-electron chi connectivity index (χ4n) is 2.86. The van der Waals surface area contributed by atoms with Gasteiger partial charge in [-0.1, -0.05) is 19.1 Å². The van der Waals surface area contributed by atoms with Crippen LogP contribution in [0.25, 0.3) is 11.0 Å². The van der Waals surface area contributed by atoms with E-state index in [1.54, 1.807) is 12.1 Å². The zero-order chi connectivity index (χ0) is 16.4. The Morgan fingerprint density at radius 2 is 2.13 bits per heavy atom. The molecular weight excluding hydrogens is 292 g/mol. The lowest BCUT2D eigenvalue weighted by molar-refractivity contribution is -0.0754. The second-order valence-electron chi connectivity index (χ2n) is 6.36. The van der Waals surface area contributed by atoms with Crippen LogP contribution in [0, 0.1) is 0 Å². The Kier molecular flexibility index (Phi) is 4.26. The molecule has 1 atom stereocenters. The Balaban J connectivity index is 1.89. The molecule has 0 bridgehead atoms. The van der Waals surface area contributed by atoms with Crippen molar-refractivity contribution in [1.29, 1.82) is 0 Å². The molecule has 0 radical (unpaired) electrons. The van der Waals surface area contributed by atoms with Crippen LogP contribution in [0.3, 0.4) is 0 Å². The van der Waals surface area contributed by atoms with Gasteiger partial charge in [-0.2, -0.15) is 0 Å². The third kappa shape index (κ3) is 3.32. The number of rotatable bonds is 4. The van der Waals surface area contributed by atoms with Crippen LogP contribution in [0.5, 0.6) is 5.75 Å². The van der Waals surface area contributed by atoms with Gasteiger partial charge in [0.25, 0.3) is 0 Å². The maximum atomic E-state index is 11.4. The largest absolute Gasteiger partial charge is 0.485 e. The molecule has 2 heterocycles. The van der Waals surface area contributed by atoms with Crippen LogP contribution in [0.4, 0.5) is 0 Å². The first-order valence-corrected chi connectivity index (χ1v) is 8.02. The normalized spacial score (nSPS) is 19.7. The number of fused-ring (bicyclic) bond motifs is 2. The SMILES string of the molecule is CC/C=C\CO[C@H]1Cc2cc3ccc(=O)oc3cc2OC1(C)C. The minimum Gasteiger partial charge on any atom is -0.485 e. The summed E-state index contributed by atoms with van der Waals surface area (Å²) in [6.45, 7) is 6.73. The van der Waals surface area contributed by atoms with E-state index in [-0.39, 0.29) is 11.7 Å². The van der Waals surface area contributed by atoms with Gasteiger partial charge in [-0.3, -0.25) is 0 Å². The molecule has 1 aliphatic rings. The van der Waals surface area contributed by atoms with Crippen molar-refractivity contribution in [2.75, 3.05) is 6.61 Å². The average molecular weight is 314 g/mol. The summed E-state index contributed by atoms with van der Waals surface area (Å²) in [7, 11) is 0. The highest BCUT2D eigenvalue weighted by Gasteiger charge is 2.37. The van der Waals surface area contributed by atoms with Crippen molar-refractivity contribution in [3.05, 3.63) is 52.4 Å². The van der Waals surface area contributed by atoms with E-state index >= 15 is 0 Å². The van der Waals surface area contributed by atoms with Crippen LogP contribution in [-0.2, 0) is 11.2 Å². The Labute approximate surface area is 135 Å². The van der Waals surface area contributed by atoms with Gasteiger partial charge in [0.05, 0.1) is 6.61 Å². The molecule has 0 fully saturated rings. The van der Waals surface area contributed by atoms with E-state index in [0.29, 0.717) is 12.2 Å². The first kappa shape index (κ1) is 15.8. The Morgan fingerprint density at radius 1 is 1.30 bits per heavy atom. The zero-order valence-corrected chi connectivity index (χ0v) is 13.8. The summed E-state index contributed by atoms with van der Waals surface area (Å²) < 4.78 is 17.4. The molecule has 0 saturated heterocycles. The van der Waals surface area contributed by atoms with Gasteiger partial charge in [-0.15, -0.1) is 0 Å². The second kappa shape index (κ2) is 6.20. The number of hydrogen-bond donors (Lipinski definition) is 0. The Hall–Kier alpha value is -2.07. The summed E-state index contributed by atoms with van der Waals surface area (Å²) >= 11 is 0. The van der Waals surface area contributed by atoms with Crippen LogP contribution in [0.1, 0.15) is 32.8 Å². The summed E-state index contributed by atoms with van der Waals surface area (Å²) in [5, 5.41) is 0.899. The molecule has 0 spiro atoms. The van der Waals surface area contributed by atoms with Crippen LogP contribution in [0.2, 0.25) is 0 Å². The van der Waals surface area contributed by atoms with Gasteiger partial charge in [-0.05, 0) is 38.0 Å². The standard InChI is InChI=1S/C19H22O4/c1-4-5-6-9-21-17-11-14-10-13-7-8-18(20)22-15(13)12-16(14)23-19(17,2)3/h5-8,10,12,17H,4,9,11H2,1-3H3/b6-5-/t17-/m0/s1. The van der Waals surface area contributed by atoms with Crippen molar-refractivity contribution in [3.8, 4) is 5.75 Å². The maximum absolute atomic E-state index is 11.4. The Bertz CT molecular complexity index is 786. The molecule has 0 unspecified atom stereocenters. The molecule has 1 aromatic heterocycles. The van der Waals surface area contributed by atoms with Gasteiger partial charge < -0.3 is 13.9 Å². The van der Waals surface area contributed by atoms with Crippen molar-refractivity contribution in [3.63, 3.8) is 0 Å². The zero-order valence-electron chi connectivity index (χ0n) is 13.8. The number of hydrogen-bond acceptors (Lipinski definition) is 4. The van der Waals surface area contributed by atoms with Gasteiger partial charge in [0.15, 0.2) is 0 Å². The highest BCUT2D eigenvalue weighted by Crippen LogP contribution is 2.37. The predicted molar refractivity (Wildman–Crippen MR) is 90.1 cm³/mol. The quantitative estimate of drug-likeness (QED) is 0.635. The minimum absolute atomic E-state index is 0.0234. The molecular formula is C19H22O4. The van der Waals surface area contributed by atoms with E-state index in [1.165, 1.54) is 6.07 Å². The van der Waals surface area contributed by atoms with E-state index < -0.39 is 5.60 Å². The first-order chi connectivity index (χ1) is 11.0. The van der Waals surface area contributed by atoms with Gasteiger partial charge in [0.1, 0.15) is 23.0 Å². The summed E-state index contributed by atoms with van der Waals surface area (Å²) in [4.78, 5) is 11.4. The van der Waals surface area contributed by atoms with Crippen LogP contribution < -0.4 is 10.4 Å². The Morgan fingerprint density at radius 3 is 2.91 bits per heavy atom. The molecule has 1 aliphatic heterocycles. The lowest BCUT2D eigenvalue weighted by atomic mass is 9.90. The van der Waals surface area contributed by atoms with Crippen molar-refractivity contribution >= 4 is 11.0 Å². The van der Waals surface area contributed by atoms with Gasteiger partial charge >= 0.3 is 5.63 Å². The number of benzene rings is 1. The molecule has 2 aromatic rings. The summed E-state index contributed by atoms with van der Waals surface area (Å²) in [6.07, 6.45) is 5.90. The van der Waals surface area contributed by atoms with E-state index in [0.717, 1.165) is 29.5 Å². The van der Waals surface area contributed by atoms with E-state index in [9.17, 15) is 4.79 Å². The molecule has 0 amide bonds. The van der Waals surface area contributed by atoms with Crippen LogP contribution in [0.15, 0.2) is 45.6 Å². The molecule has 4 heteroatoms. The molecule has 0 aliphatic carbocycles. The van der Waals surface area contributed by atoms with E-state index in [2.05, 4.69) is 13.0 Å². The molecule has 0 N–H and O–H groups in total. The molecule has 0 saturated carbocycles. The summed E-state index contributed by atoms with van der Waals surface area (Å²) in [5.74, 6) is 0.765. The highest BCUT2D eigenvalue weighted by atomic mass is 16.6. The third-order valence-corrected chi connectivity index (χ3v) is 4.15. The third-order valence-electron chi connectivity index (χ3n) is 4.15. The van der Waals surface area contributed by atoms with Gasteiger partial charge in [0, 0.05) is 23.9 Å². The van der Waals surface area contributed by atoms with Crippen molar-refractivity contribution in [2.24, 2.45) is 0 Å². The molecule has 3 rings (SSSR count). The van der Waals surface area contributed by atoms with Crippen molar-refractivity contribution < 1.29 is 13.9 Å². The lowest BCUT2D eigenvalue weighted by Gasteiger charge is -2.39. The smallest absolute Gasteiger partial charge is 0.336 e. The minimum atomic E-state index is -0.435. The summed E-state index contributed by atoms with van der Waals surface area (Å²) in [5.41, 5.74) is 0.847. The lowest BCUT2D eigenvalue weighted by Crippen LogP contribution is -2.48. The average Bonchev–Trinajstić information content (AvgIpc) is 2.49. The summed E-state index contributed by atoms with van der Waals surface area (Å²) in [6, 6.07) is 7.04. The van der Waals surface area contributed by atoms with Crippen molar-refractivity contribution in [2.45, 2.75) is 45.3 Å². The maximum Gasteiger partial charge on any atom is 0.336 e. The fourth-order valence-corrected chi connectivity index (χ4v) is 2.86. The number of allylic oxidation sites excluding steroid dienone is 1. The number of ether oxygens (including phenoxy) is 2. The second-order valence-corrected chi connectivity index (χ2v) is 6.36. The predicted octanol–water partition coefficient (Wildman–Crippen LogP) is 3.86. The van der Waals surface area contributed by atoms with Crippen molar-refractivity contribution in [1.82, 2.24) is 0 Å². The van der Waals surface area contributed by atoms with Gasteiger partial charge in [0.2, 0.25) is 0 Å². The first-order valence-electron chi connectivity index (χ1n) is 8.02. The van der Waals surface area contributed by atoms with Crippen LogP contribution in [-0.4, -0.2) is 18.3 Å². The molecule has 4 nitrogen and oxygen atoms in total. The van der Waals surface area contributed by atoms with E-state index in [1.807, 2.05) is 26.0 Å². The molecule has 23 heavy (non-hydrogen) atoms. The van der Waals surface area contributed by atoms with E-state index in [4.69, 9.17) is 13.9 Å². The monoisotopic (exact) mass is 314 g/mol. The van der Waals surface area contributed by atoms with Gasteiger partial charge in [-0.25, -0.2) is 4.79 Å². The molecule has 1 aromatic carbocycles. The van der Waals surface area contributed by atoms with Crippen LogP contribution >= 0.6 is 0 Å². The fraction of sp³-hybridized carbons (Fsp3) is 0.421. The molecule has 122 valence electrons. The topological polar surface area (TPSA) is 48.7 Å².